The summed E-state index contributed by atoms with van der Waals surface area (Å²) < 4.78 is 3.27. The number of aromatic nitrogens is 4. The highest BCUT2D eigenvalue weighted by molar-refractivity contribution is 6.08. The molecule has 2 atom stereocenters. The van der Waals surface area contributed by atoms with E-state index in [0.717, 1.165) is 16.8 Å². The third-order valence-electron chi connectivity index (χ3n) is 5.93. The first-order valence-corrected chi connectivity index (χ1v) is 9.21. The van der Waals surface area contributed by atoms with Crippen molar-refractivity contribution in [3.05, 3.63) is 65.7 Å². The maximum Gasteiger partial charge on any atom is 0.272 e. The molecule has 0 radical (unpaired) electrons. The lowest BCUT2D eigenvalue weighted by Crippen LogP contribution is -2.42. The molecular formula is C20H20N6O2. The van der Waals surface area contributed by atoms with Crippen LogP contribution in [0.1, 0.15) is 34.1 Å². The zero-order valence-corrected chi connectivity index (χ0v) is 15.7. The van der Waals surface area contributed by atoms with E-state index in [1.165, 1.54) is 0 Å². The molecule has 0 aliphatic carbocycles. The first-order valence-electron chi connectivity index (χ1n) is 9.21. The highest BCUT2D eigenvalue weighted by Crippen LogP contribution is 2.54. The predicted molar refractivity (Wildman–Crippen MR) is 102 cm³/mol. The molecule has 2 aliphatic heterocycles. The van der Waals surface area contributed by atoms with E-state index >= 15 is 0 Å². The summed E-state index contributed by atoms with van der Waals surface area (Å²) >= 11 is 0. The second-order valence-corrected chi connectivity index (χ2v) is 7.41. The predicted octanol–water partition coefficient (Wildman–Crippen LogP) is 1.63. The number of nitrogens with zero attached hydrogens (tertiary/aromatic N) is 5. The molecule has 0 bridgehead atoms. The van der Waals surface area contributed by atoms with Gasteiger partial charge in [-0.25, -0.2) is 0 Å². The number of carbonyl (C=O) groups is 2. The SMILES string of the molecule is Cn1cc(C2N(C(=O)c3ccnn3C)CCC23C(=O)Nc2ccccc23)cn1. The number of para-hydroxylation sites is 1. The van der Waals surface area contributed by atoms with Crippen LogP contribution in [-0.2, 0) is 24.3 Å². The Balaban J connectivity index is 1.68. The number of amides is 2. The Kier molecular flexibility index (Phi) is 3.46. The molecule has 8 nitrogen and oxygen atoms in total. The summed E-state index contributed by atoms with van der Waals surface area (Å²) in [5.41, 5.74) is 2.28. The molecule has 1 fully saturated rings. The third kappa shape index (κ3) is 2.11. The van der Waals surface area contributed by atoms with Gasteiger partial charge in [0.25, 0.3) is 5.91 Å². The molecule has 2 aliphatic rings. The zero-order valence-electron chi connectivity index (χ0n) is 15.7. The molecule has 1 saturated heterocycles. The Hall–Kier alpha value is -3.42. The normalized spacial score (nSPS) is 23.3. The molecule has 2 aromatic heterocycles. The van der Waals surface area contributed by atoms with Crippen molar-refractivity contribution >= 4 is 17.5 Å². The minimum atomic E-state index is -0.826. The van der Waals surface area contributed by atoms with Gasteiger partial charge >= 0.3 is 0 Å². The molecule has 4 heterocycles. The van der Waals surface area contributed by atoms with Crippen molar-refractivity contribution in [2.75, 3.05) is 11.9 Å². The van der Waals surface area contributed by atoms with Crippen molar-refractivity contribution in [1.29, 1.82) is 0 Å². The van der Waals surface area contributed by atoms with Gasteiger partial charge in [0, 0.05) is 44.3 Å². The van der Waals surface area contributed by atoms with Crippen LogP contribution in [0.5, 0.6) is 0 Å². The monoisotopic (exact) mass is 376 g/mol. The number of anilines is 1. The number of carbonyl (C=O) groups excluding carboxylic acids is 2. The largest absolute Gasteiger partial charge is 0.329 e. The minimum absolute atomic E-state index is 0.0668. The average molecular weight is 376 g/mol. The van der Waals surface area contributed by atoms with Crippen molar-refractivity contribution in [2.24, 2.45) is 14.1 Å². The van der Waals surface area contributed by atoms with Gasteiger partial charge in [-0.05, 0) is 24.1 Å². The van der Waals surface area contributed by atoms with Gasteiger partial charge in [0.05, 0.1) is 12.2 Å². The van der Waals surface area contributed by atoms with Gasteiger partial charge < -0.3 is 10.2 Å². The lowest BCUT2D eigenvalue weighted by atomic mass is 9.73. The molecule has 142 valence electrons. The fourth-order valence-electron chi connectivity index (χ4n) is 4.68. The highest BCUT2D eigenvalue weighted by atomic mass is 16.2. The lowest BCUT2D eigenvalue weighted by Gasteiger charge is -2.33. The number of rotatable bonds is 2. The van der Waals surface area contributed by atoms with E-state index in [2.05, 4.69) is 15.5 Å². The topological polar surface area (TPSA) is 85.0 Å². The Morgan fingerprint density at radius 1 is 1.21 bits per heavy atom. The highest BCUT2D eigenvalue weighted by Gasteiger charge is 2.59. The van der Waals surface area contributed by atoms with Crippen LogP contribution in [0.4, 0.5) is 5.69 Å². The molecule has 1 spiro atoms. The van der Waals surface area contributed by atoms with Gasteiger partial charge in [-0.1, -0.05) is 18.2 Å². The average Bonchev–Trinajstić information content (AvgIpc) is 3.43. The summed E-state index contributed by atoms with van der Waals surface area (Å²) in [6, 6.07) is 9.00. The Bertz CT molecular complexity index is 1100. The van der Waals surface area contributed by atoms with Crippen LogP contribution in [0.25, 0.3) is 0 Å². The quantitative estimate of drug-likeness (QED) is 0.737. The van der Waals surface area contributed by atoms with Gasteiger partial charge in [-0.15, -0.1) is 0 Å². The summed E-state index contributed by atoms with van der Waals surface area (Å²) in [7, 11) is 3.58. The second kappa shape index (κ2) is 5.79. The number of hydrogen-bond donors (Lipinski definition) is 1. The molecule has 1 aromatic carbocycles. The van der Waals surface area contributed by atoms with E-state index in [1.54, 1.807) is 39.8 Å². The fourth-order valence-corrected chi connectivity index (χ4v) is 4.68. The Morgan fingerprint density at radius 3 is 2.75 bits per heavy atom. The van der Waals surface area contributed by atoms with Crippen LogP contribution in [0.2, 0.25) is 0 Å². The molecule has 0 saturated carbocycles. The van der Waals surface area contributed by atoms with Gasteiger partial charge in [0.15, 0.2) is 0 Å². The summed E-state index contributed by atoms with van der Waals surface area (Å²) in [5, 5.41) is 11.4. The summed E-state index contributed by atoms with van der Waals surface area (Å²) in [5.74, 6) is -0.203. The van der Waals surface area contributed by atoms with Crippen LogP contribution in [0, 0.1) is 0 Å². The van der Waals surface area contributed by atoms with Crippen LogP contribution in [0.15, 0.2) is 48.9 Å². The molecule has 2 amide bonds. The van der Waals surface area contributed by atoms with Gasteiger partial charge in [-0.3, -0.25) is 19.0 Å². The van der Waals surface area contributed by atoms with Gasteiger partial charge in [-0.2, -0.15) is 10.2 Å². The number of fused-ring (bicyclic) bond motifs is 2. The first-order chi connectivity index (χ1) is 13.5. The molecule has 1 N–H and O–H groups in total. The maximum absolute atomic E-state index is 13.4. The van der Waals surface area contributed by atoms with Gasteiger partial charge in [0.2, 0.25) is 5.91 Å². The number of hydrogen-bond acceptors (Lipinski definition) is 4. The van der Waals surface area contributed by atoms with Crippen LogP contribution in [0.3, 0.4) is 0 Å². The molecular weight excluding hydrogens is 356 g/mol. The number of aryl methyl sites for hydroxylation is 2. The van der Waals surface area contributed by atoms with Crippen molar-refractivity contribution < 1.29 is 9.59 Å². The van der Waals surface area contributed by atoms with Crippen molar-refractivity contribution in [3.63, 3.8) is 0 Å². The summed E-state index contributed by atoms with van der Waals surface area (Å²) in [6.45, 7) is 0.478. The molecule has 28 heavy (non-hydrogen) atoms. The van der Waals surface area contributed by atoms with E-state index in [4.69, 9.17) is 0 Å². The molecule has 8 heteroatoms. The van der Waals surface area contributed by atoms with E-state index in [9.17, 15) is 9.59 Å². The maximum atomic E-state index is 13.4. The van der Waals surface area contributed by atoms with Crippen molar-refractivity contribution in [1.82, 2.24) is 24.5 Å². The molecule has 5 rings (SSSR count). The van der Waals surface area contributed by atoms with E-state index < -0.39 is 11.5 Å². The first kappa shape index (κ1) is 16.7. The number of benzene rings is 1. The smallest absolute Gasteiger partial charge is 0.272 e. The number of likely N-dealkylation sites (tertiary alicyclic amines) is 1. The van der Waals surface area contributed by atoms with Gasteiger partial charge in [0.1, 0.15) is 11.1 Å². The Labute approximate surface area is 161 Å². The van der Waals surface area contributed by atoms with Crippen LogP contribution >= 0.6 is 0 Å². The standard InChI is InChI=1S/C20H20N6O2/c1-24-12-13(11-22-24)17-20(14-5-3-4-6-15(14)23-19(20)28)8-10-26(17)18(27)16-7-9-21-25(16)2/h3-7,9,11-12,17H,8,10H2,1-2H3,(H,23,28). The summed E-state index contributed by atoms with van der Waals surface area (Å²) in [4.78, 5) is 28.4. The van der Waals surface area contributed by atoms with E-state index in [1.807, 2.05) is 37.5 Å². The van der Waals surface area contributed by atoms with Crippen molar-refractivity contribution in [2.45, 2.75) is 17.9 Å². The third-order valence-corrected chi connectivity index (χ3v) is 5.93. The molecule has 2 unspecified atom stereocenters. The van der Waals surface area contributed by atoms with E-state index in [0.29, 0.717) is 18.7 Å². The van der Waals surface area contributed by atoms with Crippen molar-refractivity contribution in [3.8, 4) is 0 Å². The second-order valence-electron chi connectivity index (χ2n) is 7.41. The minimum Gasteiger partial charge on any atom is -0.329 e. The Morgan fingerprint density at radius 2 is 2.04 bits per heavy atom. The fraction of sp³-hybridized carbons (Fsp3) is 0.300. The summed E-state index contributed by atoms with van der Waals surface area (Å²) in [6.07, 6.45) is 5.79. The molecule has 3 aromatic rings. The van der Waals surface area contributed by atoms with E-state index in [-0.39, 0.29) is 11.8 Å². The zero-order chi connectivity index (χ0) is 19.5. The number of nitrogens with one attached hydrogen (secondary N) is 1. The lowest BCUT2D eigenvalue weighted by molar-refractivity contribution is -0.121. The van der Waals surface area contributed by atoms with Crippen LogP contribution < -0.4 is 5.32 Å². The van der Waals surface area contributed by atoms with Crippen LogP contribution in [-0.4, -0.2) is 42.8 Å².